The minimum atomic E-state index is -1.14. The van der Waals surface area contributed by atoms with Crippen LogP contribution in [0.3, 0.4) is 0 Å². The lowest BCUT2D eigenvalue weighted by Crippen LogP contribution is -2.59. The second kappa shape index (κ2) is 15.0. The normalized spacial score (nSPS) is 21.9. The molecule has 0 aromatic rings. The predicted molar refractivity (Wildman–Crippen MR) is 145 cm³/mol. The lowest BCUT2D eigenvalue weighted by molar-refractivity contribution is -0.146. The van der Waals surface area contributed by atoms with Crippen molar-refractivity contribution >= 4 is 35.6 Å². The maximum Gasteiger partial charge on any atom is 0.326 e. The number of hydrogen-bond donors (Lipinski definition) is 5. The highest BCUT2D eigenvalue weighted by atomic mass is 16.4. The summed E-state index contributed by atoms with van der Waals surface area (Å²) in [6, 6.07) is -4.75. The molecule has 6 N–H and O–H groups in total. The lowest BCUT2D eigenvalue weighted by Gasteiger charge is -2.33. The van der Waals surface area contributed by atoms with Crippen molar-refractivity contribution in [2.24, 2.45) is 17.6 Å². The molecule has 2 saturated heterocycles. The van der Waals surface area contributed by atoms with E-state index in [1.807, 2.05) is 27.7 Å². The molecule has 0 aromatic heterocycles. The Hall–Kier alpha value is -3.22. The number of carboxylic acid groups (broad SMARTS) is 2. The fraction of sp³-hybridized carbons (Fsp3) is 0.778. The van der Waals surface area contributed by atoms with Gasteiger partial charge in [0.15, 0.2) is 0 Å². The van der Waals surface area contributed by atoms with Crippen LogP contribution in [0.25, 0.3) is 0 Å². The first kappa shape index (κ1) is 33.0. The zero-order chi connectivity index (χ0) is 30.1. The van der Waals surface area contributed by atoms with Gasteiger partial charge in [0.25, 0.3) is 0 Å². The van der Waals surface area contributed by atoms with Gasteiger partial charge in [0.2, 0.25) is 23.6 Å². The Morgan fingerprint density at radius 2 is 1.40 bits per heavy atom. The monoisotopic (exact) mass is 567 g/mol. The van der Waals surface area contributed by atoms with Gasteiger partial charge in [-0.15, -0.1) is 0 Å². The molecule has 4 amide bonds. The van der Waals surface area contributed by atoms with Gasteiger partial charge >= 0.3 is 11.9 Å². The van der Waals surface area contributed by atoms with E-state index in [1.54, 1.807) is 0 Å². The summed E-state index contributed by atoms with van der Waals surface area (Å²) in [7, 11) is 0. The largest absolute Gasteiger partial charge is 0.481 e. The van der Waals surface area contributed by atoms with Gasteiger partial charge in [0.1, 0.15) is 24.2 Å². The van der Waals surface area contributed by atoms with Gasteiger partial charge in [-0.25, -0.2) is 4.79 Å². The first-order valence-corrected chi connectivity index (χ1v) is 14.2. The summed E-state index contributed by atoms with van der Waals surface area (Å²) < 4.78 is 0. The van der Waals surface area contributed by atoms with E-state index < -0.39 is 65.8 Å². The van der Waals surface area contributed by atoms with Gasteiger partial charge in [-0.1, -0.05) is 34.1 Å². The molecule has 13 heteroatoms. The number of nitrogens with two attached hydrogens (primary N) is 1. The van der Waals surface area contributed by atoms with Crippen LogP contribution in [0.5, 0.6) is 0 Å². The zero-order valence-electron chi connectivity index (χ0n) is 23.9. The Morgan fingerprint density at radius 1 is 0.875 bits per heavy atom. The van der Waals surface area contributed by atoms with E-state index in [9.17, 15) is 33.9 Å². The standard InChI is InChI=1S/C27H45N5O8/c1-5-16(4)22(30-24(36)20-9-6-12-31(20)25(37)17(28)10-11-21(33)34)26(38)32-13-7-8-19(32)23(35)29-18(27(39)40)14-15(2)3/h15-20,22H,5-14,28H2,1-4H3,(H,29,35)(H,30,36)(H,33,34)(H,39,40)/t16-,17-,18-,19-,20-,22-/m0/s1. The van der Waals surface area contributed by atoms with E-state index in [0.29, 0.717) is 45.2 Å². The summed E-state index contributed by atoms with van der Waals surface area (Å²) in [6.45, 7) is 8.01. The number of aliphatic carboxylic acids is 2. The molecule has 2 heterocycles. The second-order valence-electron chi connectivity index (χ2n) is 11.3. The minimum absolute atomic E-state index is 0.0430. The maximum atomic E-state index is 13.7. The quantitative estimate of drug-likeness (QED) is 0.196. The molecule has 2 aliphatic heterocycles. The van der Waals surface area contributed by atoms with E-state index in [0.717, 1.165) is 0 Å². The van der Waals surface area contributed by atoms with E-state index in [2.05, 4.69) is 10.6 Å². The minimum Gasteiger partial charge on any atom is -0.481 e. The van der Waals surface area contributed by atoms with E-state index in [-0.39, 0.29) is 31.1 Å². The third kappa shape index (κ3) is 8.64. The van der Waals surface area contributed by atoms with Gasteiger partial charge in [-0.2, -0.15) is 0 Å². The molecule has 0 spiro atoms. The molecule has 0 bridgehead atoms. The van der Waals surface area contributed by atoms with E-state index in [4.69, 9.17) is 10.8 Å². The number of likely N-dealkylation sites (tertiary alicyclic amines) is 2. The molecule has 2 fully saturated rings. The number of nitrogens with one attached hydrogen (secondary N) is 2. The lowest BCUT2D eigenvalue weighted by atomic mass is 9.96. The van der Waals surface area contributed by atoms with Crippen molar-refractivity contribution in [2.45, 2.75) is 109 Å². The average molecular weight is 568 g/mol. The first-order valence-electron chi connectivity index (χ1n) is 14.2. The SMILES string of the molecule is CC[C@H](C)[C@H](NC(=O)[C@@H]1CCCN1C(=O)[C@@H](N)CCC(=O)O)C(=O)N1CCC[C@H]1C(=O)N[C@@H](CC(C)C)C(=O)O. The number of carboxylic acids is 2. The third-order valence-electron chi connectivity index (χ3n) is 7.76. The Bertz CT molecular complexity index is 957. The molecule has 2 aliphatic rings. The van der Waals surface area contributed by atoms with Crippen molar-refractivity contribution in [1.82, 2.24) is 20.4 Å². The van der Waals surface area contributed by atoms with Crippen LogP contribution in [0.2, 0.25) is 0 Å². The molecule has 0 aromatic carbocycles. The molecule has 13 nitrogen and oxygen atoms in total. The maximum absolute atomic E-state index is 13.7. The van der Waals surface area contributed by atoms with E-state index in [1.165, 1.54) is 9.80 Å². The number of rotatable bonds is 14. The van der Waals surface area contributed by atoms with E-state index >= 15 is 0 Å². The topological polar surface area (TPSA) is 199 Å². The summed E-state index contributed by atoms with van der Waals surface area (Å²) in [5.74, 6) is -4.41. The van der Waals surface area contributed by atoms with Crippen LogP contribution in [-0.2, 0) is 28.8 Å². The van der Waals surface area contributed by atoms with Crippen LogP contribution in [0, 0.1) is 11.8 Å². The highest BCUT2D eigenvalue weighted by Gasteiger charge is 2.42. The molecule has 0 aliphatic carbocycles. The first-order chi connectivity index (χ1) is 18.8. The molecule has 2 rings (SSSR count). The van der Waals surface area contributed by atoms with Gasteiger partial charge in [0.05, 0.1) is 6.04 Å². The smallest absolute Gasteiger partial charge is 0.326 e. The van der Waals surface area contributed by atoms with Crippen molar-refractivity contribution in [3.8, 4) is 0 Å². The van der Waals surface area contributed by atoms with Crippen LogP contribution in [0.1, 0.15) is 79.1 Å². The highest BCUT2D eigenvalue weighted by Crippen LogP contribution is 2.24. The Kier molecular flexibility index (Phi) is 12.3. The summed E-state index contributed by atoms with van der Waals surface area (Å²) in [6.07, 6.45) is 2.38. The van der Waals surface area contributed by atoms with Crippen LogP contribution in [0.4, 0.5) is 0 Å². The van der Waals surface area contributed by atoms with Gasteiger partial charge in [0, 0.05) is 19.5 Å². The summed E-state index contributed by atoms with van der Waals surface area (Å²) in [4.78, 5) is 78.4. The molecule has 0 saturated carbocycles. The van der Waals surface area contributed by atoms with Crippen LogP contribution in [0.15, 0.2) is 0 Å². The van der Waals surface area contributed by atoms with Crippen LogP contribution >= 0.6 is 0 Å². The fourth-order valence-electron chi connectivity index (χ4n) is 5.29. The summed E-state index contributed by atoms with van der Waals surface area (Å²) in [5.41, 5.74) is 5.91. The van der Waals surface area contributed by atoms with Crippen molar-refractivity contribution in [3.05, 3.63) is 0 Å². The number of carbonyl (C=O) groups excluding carboxylic acids is 4. The van der Waals surface area contributed by atoms with Crippen molar-refractivity contribution in [2.75, 3.05) is 13.1 Å². The predicted octanol–water partition coefficient (Wildman–Crippen LogP) is 0.307. The van der Waals surface area contributed by atoms with Crippen molar-refractivity contribution in [1.29, 1.82) is 0 Å². The molecule has 226 valence electrons. The van der Waals surface area contributed by atoms with Gasteiger partial charge in [-0.3, -0.25) is 24.0 Å². The molecular weight excluding hydrogens is 522 g/mol. The highest BCUT2D eigenvalue weighted by molar-refractivity contribution is 5.96. The summed E-state index contributed by atoms with van der Waals surface area (Å²) >= 11 is 0. The zero-order valence-corrected chi connectivity index (χ0v) is 23.9. The molecular formula is C27H45N5O8. The third-order valence-corrected chi connectivity index (χ3v) is 7.76. The molecule has 40 heavy (non-hydrogen) atoms. The summed E-state index contributed by atoms with van der Waals surface area (Å²) in [5, 5.41) is 23.8. The van der Waals surface area contributed by atoms with Gasteiger partial charge in [-0.05, 0) is 50.4 Å². The van der Waals surface area contributed by atoms with Crippen LogP contribution in [-0.4, -0.2) is 98.9 Å². The van der Waals surface area contributed by atoms with Crippen molar-refractivity contribution in [3.63, 3.8) is 0 Å². The Labute approximate surface area is 235 Å². The molecule has 6 atom stereocenters. The number of hydrogen-bond acceptors (Lipinski definition) is 7. The average Bonchev–Trinajstić information content (AvgIpc) is 3.58. The molecule has 0 unspecified atom stereocenters. The number of carbonyl (C=O) groups is 6. The fourth-order valence-corrected chi connectivity index (χ4v) is 5.29. The van der Waals surface area contributed by atoms with Crippen molar-refractivity contribution < 1.29 is 39.0 Å². The number of nitrogens with zero attached hydrogens (tertiary/aromatic N) is 2. The number of amides is 4. The Balaban J connectivity index is 2.15. The Morgan fingerprint density at radius 3 is 1.88 bits per heavy atom. The van der Waals surface area contributed by atoms with Gasteiger partial charge < -0.3 is 36.4 Å². The van der Waals surface area contributed by atoms with Crippen LogP contribution < -0.4 is 16.4 Å². The molecule has 0 radical (unpaired) electrons. The second-order valence-corrected chi connectivity index (χ2v) is 11.3.